The van der Waals surface area contributed by atoms with Crippen molar-refractivity contribution in [1.82, 2.24) is 10.1 Å². The van der Waals surface area contributed by atoms with E-state index in [0.717, 1.165) is 24.2 Å². The van der Waals surface area contributed by atoms with Crippen molar-refractivity contribution in [3.05, 3.63) is 36.0 Å². The molecule has 1 aromatic carbocycles. The van der Waals surface area contributed by atoms with E-state index in [1.807, 2.05) is 6.07 Å². The van der Waals surface area contributed by atoms with Crippen molar-refractivity contribution in [3.8, 4) is 11.1 Å². The van der Waals surface area contributed by atoms with Gasteiger partial charge < -0.3 is 15.2 Å². The van der Waals surface area contributed by atoms with Crippen LogP contribution in [0, 0.1) is 0 Å². The van der Waals surface area contributed by atoms with E-state index in [1.54, 1.807) is 6.20 Å². The average Bonchev–Trinajstić information content (AvgIpc) is 2.71. The van der Waals surface area contributed by atoms with Gasteiger partial charge in [0.25, 0.3) is 0 Å². The minimum absolute atomic E-state index is 0.382. The molecule has 1 aromatic heterocycles. The van der Waals surface area contributed by atoms with Crippen molar-refractivity contribution in [2.24, 2.45) is 0 Å². The highest BCUT2D eigenvalue weighted by Crippen LogP contribution is 2.31. The van der Waals surface area contributed by atoms with Crippen molar-refractivity contribution < 1.29 is 4.52 Å². The Kier molecular flexibility index (Phi) is 2.37. The van der Waals surface area contributed by atoms with E-state index in [2.05, 4.69) is 35.3 Å². The molecule has 0 spiro atoms. The van der Waals surface area contributed by atoms with Crippen LogP contribution < -0.4 is 5.73 Å². The van der Waals surface area contributed by atoms with E-state index < -0.39 is 0 Å². The zero-order valence-corrected chi connectivity index (χ0v) is 9.76. The Morgan fingerprint density at radius 3 is 2.88 bits per heavy atom. The highest BCUT2D eigenvalue weighted by molar-refractivity contribution is 5.72. The van der Waals surface area contributed by atoms with Gasteiger partial charge in [0.1, 0.15) is 0 Å². The fourth-order valence-electron chi connectivity index (χ4n) is 2.34. The number of nitrogens with two attached hydrogens (primary N) is 1. The first-order valence-electron chi connectivity index (χ1n) is 5.73. The third-order valence-electron chi connectivity index (χ3n) is 3.33. The number of nitrogen functional groups attached to an aromatic ring is 1. The predicted octanol–water partition coefficient (Wildman–Crippen LogP) is 1.95. The third kappa shape index (κ3) is 1.80. The second kappa shape index (κ2) is 3.89. The maximum Gasteiger partial charge on any atom is 0.229 e. The minimum atomic E-state index is 0.382. The summed E-state index contributed by atoms with van der Waals surface area (Å²) in [6.07, 6.45) is 1.67. The van der Waals surface area contributed by atoms with Gasteiger partial charge in [-0.2, -0.15) is 0 Å². The van der Waals surface area contributed by atoms with Gasteiger partial charge in [0.05, 0.1) is 11.8 Å². The molecule has 0 unspecified atom stereocenters. The van der Waals surface area contributed by atoms with Gasteiger partial charge in [0.15, 0.2) is 0 Å². The Bertz CT molecular complexity index is 529. The molecule has 17 heavy (non-hydrogen) atoms. The van der Waals surface area contributed by atoms with Crippen LogP contribution in [0.3, 0.4) is 0 Å². The largest absolute Gasteiger partial charge is 0.367 e. The Hall–Kier alpha value is -1.81. The topological polar surface area (TPSA) is 55.3 Å². The molecule has 1 fully saturated rings. The van der Waals surface area contributed by atoms with Crippen LogP contribution in [0.2, 0.25) is 0 Å². The van der Waals surface area contributed by atoms with Gasteiger partial charge in [-0.15, -0.1) is 0 Å². The number of likely N-dealkylation sites (tertiary alicyclic amines) is 1. The van der Waals surface area contributed by atoms with Crippen molar-refractivity contribution in [2.75, 3.05) is 25.9 Å². The second-order valence-corrected chi connectivity index (χ2v) is 4.65. The van der Waals surface area contributed by atoms with Gasteiger partial charge >= 0.3 is 0 Å². The Morgan fingerprint density at radius 2 is 2.24 bits per heavy atom. The number of anilines is 1. The van der Waals surface area contributed by atoms with Gasteiger partial charge in [-0.1, -0.05) is 29.4 Å². The van der Waals surface area contributed by atoms with Gasteiger partial charge in [0.2, 0.25) is 5.88 Å². The molecule has 3 rings (SSSR count). The van der Waals surface area contributed by atoms with Crippen LogP contribution in [-0.4, -0.2) is 30.2 Å². The van der Waals surface area contributed by atoms with Crippen LogP contribution in [0.15, 0.2) is 35.0 Å². The molecule has 0 saturated carbocycles. The molecule has 4 nitrogen and oxygen atoms in total. The number of nitrogens with zero attached hydrogens (tertiary/aromatic N) is 2. The van der Waals surface area contributed by atoms with Crippen molar-refractivity contribution in [2.45, 2.75) is 5.92 Å². The average molecular weight is 229 g/mol. The molecule has 1 saturated heterocycles. The quantitative estimate of drug-likeness (QED) is 0.855. The molecule has 1 aliphatic heterocycles. The lowest BCUT2D eigenvalue weighted by Crippen LogP contribution is -2.41. The molecule has 2 N–H and O–H groups in total. The summed E-state index contributed by atoms with van der Waals surface area (Å²) in [6.45, 7) is 2.26. The van der Waals surface area contributed by atoms with Crippen LogP contribution in [-0.2, 0) is 0 Å². The summed E-state index contributed by atoms with van der Waals surface area (Å²) in [4.78, 5) is 2.31. The Labute approximate surface area is 100 Å². The summed E-state index contributed by atoms with van der Waals surface area (Å²) in [5.41, 5.74) is 9.05. The first-order valence-corrected chi connectivity index (χ1v) is 5.73. The predicted molar refractivity (Wildman–Crippen MR) is 66.6 cm³/mol. The molecule has 2 aromatic rings. The smallest absolute Gasteiger partial charge is 0.229 e. The Morgan fingerprint density at radius 1 is 1.41 bits per heavy atom. The summed E-state index contributed by atoms with van der Waals surface area (Å²) < 4.78 is 4.90. The van der Waals surface area contributed by atoms with Crippen LogP contribution in [0.25, 0.3) is 11.1 Å². The number of hydrogen-bond acceptors (Lipinski definition) is 4. The van der Waals surface area contributed by atoms with E-state index in [1.165, 1.54) is 5.56 Å². The van der Waals surface area contributed by atoms with Crippen molar-refractivity contribution in [3.63, 3.8) is 0 Å². The minimum Gasteiger partial charge on any atom is -0.367 e. The van der Waals surface area contributed by atoms with Crippen LogP contribution >= 0.6 is 0 Å². The first-order chi connectivity index (χ1) is 8.24. The van der Waals surface area contributed by atoms with E-state index in [0.29, 0.717) is 11.8 Å². The molecule has 88 valence electrons. The van der Waals surface area contributed by atoms with Gasteiger partial charge in [-0.25, -0.2) is 0 Å². The number of likely N-dealkylation sites (N-methyl/N-ethyl adjacent to an activating group) is 1. The highest BCUT2D eigenvalue weighted by atomic mass is 16.5. The fourth-order valence-corrected chi connectivity index (χ4v) is 2.34. The molecule has 4 heteroatoms. The number of benzene rings is 1. The lowest BCUT2D eigenvalue weighted by molar-refractivity contribution is 0.190. The number of hydrogen-bond donors (Lipinski definition) is 1. The lowest BCUT2D eigenvalue weighted by atomic mass is 9.90. The van der Waals surface area contributed by atoms with E-state index in [-0.39, 0.29) is 0 Å². The standard InChI is InChI=1S/C13H15N3O/c1-16-7-11(8-16)9-3-2-4-10(5-9)12-6-15-17-13(12)14/h2-6,11H,7-8,14H2,1H3. The lowest BCUT2D eigenvalue weighted by Gasteiger charge is -2.36. The van der Waals surface area contributed by atoms with Gasteiger partial charge in [-0.3, -0.25) is 0 Å². The summed E-state index contributed by atoms with van der Waals surface area (Å²) in [5, 5.41) is 3.71. The third-order valence-corrected chi connectivity index (χ3v) is 3.33. The van der Waals surface area contributed by atoms with Gasteiger partial charge in [0, 0.05) is 19.0 Å². The molecule has 0 atom stereocenters. The SMILES string of the molecule is CN1CC(c2cccc(-c3cnoc3N)c2)C1. The molecule has 0 bridgehead atoms. The maximum atomic E-state index is 5.73. The van der Waals surface area contributed by atoms with Gasteiger partial charge in [-0.05, 0) is 18.2 Å². The fraction of sp³-hybridized carbons (Fsp3) is 0.308. The number of rotatable bonds is 2. The van der Waals surface area contributed by atoms with Crippen LogP contribution in [0.4, 0.5) is 5.88 Å². The molecule has 0 radical (unpaired) electrons. The first kappa shape index (κ1) is 10.4. The molecule has 0 aliphatic carbocycles. The molecular weight excluding hydrogens is 214 g/mol. The molecular formula is C13H15N3O. The summed E-state index contributed by atoms with van der Waals surface area (Å²) >= 11 is 0. The summed E-state index contributed by atoms with van der Waals surface area (Å²) in [5.74, 6) is 1.02. The summed E-state index contributed by atoms with van der Waals surface area (Å²) in [6, 6.07) is 8.45. The normalized spacial score (nSPS) is 17.0. The summed E-state index contributed by atoms with van der Waals surface area (Å²) in [7, 11) is 2.14. The molecule has 0 amide bonds. The second-order valence-electron chi connectivity index (χ2n) is 4.65. The molecule has 2 heterocycles. The highest BCUT2D eigenvalue weighted by Gasteiger charge is 2.24. The Balaban J connectivity index is 1.92. The van der Waals surface area contributed by atoms with E-state index in [9.17, 15) is 0 Å². The zero-order valence-electron chi connectivity index (χ0n) is 9.76. The zero-order chi connectivity index (χ0) is 11.8. The van der Waals surface area contributed by atoms with Crippen LogP contribution in [0.5, 0.6) is 0 Å². The van der Waals surface area contributed by atoms with E-state index in [4.69, 9.17) is 10.3 Å². The van der Waals surface area contributed by atoms with Crippen LogP contribution in [0.1, 0.15) is 11.5 Å². The monoisotopic (exact) mass is 229 g/mol. The van der Waals surface area contributed by atoms with Crippen molar-refractivity contribution in [1.29, 1.82) is 0 Å². The maximum absolute atomic E-state index is 5.73. The number of aromatic nitrogens is 1. The van der Waals surface area contributed by atoms with E-state index >= 15 is 0 Å². The molecule has 1 aliphatic rings. The van der Waals surface area contributed by atoms with Crippen molar-refractivity contribution >= 4 is 5.88 Å².